The fourth-order valence-corrected chi connectivity index (χ4v) is 6.08. The van der Waals surface area contributed by atoms with Gasteiger partial charge in [-0.2, -0.15) is 0 Å². The molecule has 2 aromatic rings. The van der Waals surface area contributed by atoms with Crippen molar-refractivity contribution in [3.05, 3.63) is 77.9 Å². The van der Waals surface area contributed by atoms with E-state index >= 15 is 0 Å². The van der Waals surface area contributed by atoms with Gasteiger partial charge in [0, 0.05) is 5.56 Å². The highest BCUT2D eigenvalue weighted by molar-refractivity contribution is 6.22. The van der Waals surface area contributed by atoms with Crippen molar-refractivity contribution in [2.24, 2.45) is 35.5 Å². The number of hydrogen-bond acceptors (Lipinski definition) is 3. The van der Waals surface area contributed by atoms with Gasteiger partial charge in [0.25, 0.3) is 5.91 Å². The molecule has 5 nitrogen and oxygen atoms in total. The predicted octanol–water partition coefficient (Wildman–Crippen LogP) is 3.74. The second-order valence-electron chi connectivity index (χ2n) is 9.32. The Labute approximate surface area is 181 Å². The maximum absolute atomic E-state index is 13.2. The van der Waals surface area contributed by atoms with Gasteiger partial charge in [-0.25, -0.2) is 0 Å². The maximum Gasteiger partial charge on any atom is 0.251 e. The van der Waals surface area contributed by atoms with Gasteiger partial charge in [-0.3, -0.25) is 19.3 Å². The lowest BCUT2D eigenvalue weighted by Crippen LogP contribution is -2.40. The normalized spacial score (nSPS) is 33.1. The van der Waals surface area contributed by atoms with Crippen LogP contribution in [0.1, 0.15) is 35.3 Å². The number of carbonyl (C=O) groups excluding carboxylic acids is 3. The van der Waals surface area contributed by atoms with Gasteiger partial charge in [0.05, 0.1) is 23.6 Å². The van der Waals surface area contributed by atoms with Crippen molar-refractivity contribution in [2.45, 2.75) is 19.4 Å². The zero-order chi connectivity index (χ0) is 21.3. The Morgan fingerprint density at radius 1 is 0.903 bits per heavy atom. The van der Waals surface area contributed by atoms with E-state index in [0.29, 0.717) is 23.1 Å². The third kappa shape index (κ3) is 2.72. The Kier molecular flexibility index (Phi) is 3.98. The van der Waals surface area contributed by atoms with Crippen molar-refractivity contribution in [2.75, 3.05) is 4.90 Å². The lowest BCUT2D eigenvalue weighted by molar-refractivity contribution is -0.124. The summed E-state index contributed by atoms with van der Waals surface area (Å²) >= 11 is 0. The van der Waals surface area contributed by atoms with Crippen LogP contribution in [0.3, 0.4) is 0 Å². The van der Waals surface area contributed by atoms with E-state index < -0.39 is 0 Å². The van der Waals surface area contributed by atoms with Crippen molar-refractivity contribution in [1.29, 1.82) is 0 Å². The summed E-state index contributed by atoms with van der Waals surface area (Å²) < 4.78 is 0. The van der Waals surface area contributed by atoms with Gasteiger partial charge in [0.15, 0.2) is 0 Å². The second-order valence-corrected chi connectivity index (χ2v) is 9.32. The molecule has 1 N–H and O–H groups in total. The molecule has 7 unspecified atom stereocenters. The molecule has 0 spiro atoms. The number of anilines is 1. The average molecular weight is 412 g/mol. The van der Waals surface area contributed by atoms with Crippen LogP contribution in [0.4, 0.5) is 5.69 Å². The molecule has 31 heavy (non-hydrogen) atoms. The zero-order valence-corrected chi connectivity index (χ0v) is 17.3. The van der Waals surface area contributed by atoms with Gasteiger partial charge in [-0.05, 0) is 66.8 Å². The predicted molar refractivity (Wildman–Crippen MR) is 116 cm³/mol. The van der Waals surface area contributed by atoms with Crippen molar-refractivity contribution >= 4 is 23.4 Å². The van der Waals surface area contributed by atoms with Crippen LogP contribution < -0.4 is 10.2 Å². The third-order valence-electron chi connectivity index (χ3n) is 7.70. The minimum absolute atomic E-state index is 0.0744. The number of benzene rings is 2. The van der Waals surface area contributed by atoms with Gasteiger partial charge < -0.3 is 5.32 Å². The lowest BCUT2D eigenvalue weighted by atomic mass is 9.63. The molecule has 7 atom stereocenters. The molecular weight excluding hydrogens is 388 g/mol. The van der Waals surface area contributed by atoms with Gasteiger partial charge in [-0.15, -0.1) is 0 Å². The largest absolute Gasteiger partial charge is 0.346 e. The molecule has 2 aromatic carbocycles. The molecule has 7 rings (SSSR count). The SMILES string of the molecule is CC(NC(=O)c1ccc(N2C(=O)C3C4C=CC(C5CC45)C3C2=O)cc1)c1ccccc1. The minimum Gasteiger partial charge on any atom is -0.346 e. The van der Waals surface area contributed by atoms with Gasteiger partial charge in [0.2, 0.25) is 11.8 Å². The highest BCUT2D eigenvalue weighted by Gasteiger charge is 2.67. The van der Waals surface area contributed by atoms with E-state index in [2.05, 4.69) is 17.5 Å². The summed E-state index contributed by atoms with van der Waals surface area (Å²) in [6, 6.07) is 16.5. The molecule has 5 heteroatoms. The fourth-order valence-electron chi connectivity index (χ4n) is 6.08. The summed E-state index contributed by atoms with van der Waals surface area (Å²) in [5, 5.41) is 2.99. The second kappa shape index (κ2) is 6.64. The zero-order valence-electron chi connectivity index (χ0n) is 17.3. The molecule has 1 aliphatic heterocycles. The lowest BCUT2D eigenvalue weighted by Gasteiger charge is -2.37. The number of carbonyl (C=O) groups is 3. The third-order valence-corrected chi connectivity index (χ3v) is 7.70. The number of nitrogens with one attached hydrogen (secondary N) is 1. The molecule has 5 aliphatic rings. The fraction of sp³-hybridized carbons (Fsp3) is 0.346. The summed E-state index contributed by atoms with van der Waals surface area (Å²) in [6.07, 6.45) is 5.51. The summed E-state index contributed by atoms with van der Waals surface area (Å²) in [6.45, 7) is 1.94. The standard InChI is InChI=1S/C26H24N2O3/c1-14(15-5-3-2-4-6-15)27-24(29)16-7-9-17(10-8-16)28-25(30)22-18-11-12-19(21-13-20(18)21)23(22)26(28)31/h2-12,14,18-23H,13H2,1H3,(H,27,29). The van der Waals surface area contributed by atoms with Crippen LogP contribution in [0.2, 0.25) is 0 Å². The first-order chi connectivity index (χ1) is 15.0. The summed E-state index contributed by atoms with van der Waals surface area (Å²) in [5.41, 5.74) is 2.10. The highest BCUT2D eigenvalue weighted by atomic mass is 16.2. The molecule has 4 aliphatic carbocycles. The van der Waals surface area contributed by atoms with E-state index in [4.69, 9.17) is 0 Å². The topological polar surface area (TPSA) is 66.5 Å². The van der Waals surface area contributed by atoms with Gasteiger partial charge in [0.1, 0.15) is 0 Å². The number of imide groups is 1. The van der Waals surface area contributed by atoms with Crippen LogP contribution in [0.25, 0.3) is 0 Å². The van der Waals surface area contributed by atoms with E-state index in [1.807, 2.05) is 37.3 Å². The first-order valence-electron chi connectivity index (χ1n) is 11.1. The van der Waals surface area contributed by atoms with Gasteiger partial charge >= 0.3 is 0 Å². The Morgan fingerprint density at radius 3 is 2.06 bits per heavy atom. The van der Waals surface area contributed by atoms with Crippen LogP contribution in [-0.2, 0) is 9.59 Å². The molecule has 156 valence electrons. The van der Waals surface area contributed by atoms with Crippen LogP contribution in [0, 0.1) is 35.5 Å². The van der Waals surface area contributed by atoms with E-state index in [-0.39, 0.29) is 47.4 Å². The summed E-state index contributed by atoms with van der Waals surface area (Å²) in [5.74, 6) is 0.859. The van der Waals surface area contributed by atoms with E-state index in [9.17, 15) is 14.4 Å². The molecule has 0 aromatic heterocycles. The van der Waals surface area contributed by atoms with Crippen LogP contribution >= 0.6 is 0 Å². The number of hydrogen-bond donors (Lipinski definition) is 1. The Balaban J connectivity index is 1.20. The molecule has 2 saturated carbocycles. The molecule has 3 fully saturated rings. The maximum atomic E-state index is 13.2. The number of rotatable bonds is 4. The van der Waals surface area contributed by atoms with Crippen molar-refractivity contribution in [1.82, 2.24) is 5.32 Å². The quantitative estimate of drug-likeness (QED) is 0.615. The summed E-state index contributed by atoms with van der Waals surface area (Å²) in [7, 11) is 0. The van der Waals surface area contributed by atoms with E-state index in [1.54, 1.807) is 24.3 Å². The van der Waals surface area contributed by atoms with Crippen LogP contribution in [-0.4, -0.2) is 17.7 Å². The Bertz CT molecular complexity index is 1070. The summed E-state index contributed by atoms with van der Waals surface area (Å²) in [4.78, 5) is 40.5. The molecule has 2 bridgehead atoms. The molecular formula is C26H24N2O3. The Morgan fingerprint density at radius 2 is 1.48 bits per heavy atom. The van der Waals surface area contributed by atoms with Crippen molar-refractivity contribution < 1.29 is 14.4 Å². The monoisotopic (exact) mass is 412 g/mol. The number of allylic oxidation sites excluding steroid dienone is 2. The molecule has 3 amide bonds. The highest BCUT2D eigenvalue weighted by Crippen LogP contribution is 2.65. The van der Waals surface area contributed by atoms with Gasteiger partial charge in [-0.1, -0.05) is 42.5 Å². The van der Waals surface area contributed by atoms with Crippen LogP contribution in [0.15, 0.2) is 66.7 Å². The number of nitrogens with zero attached hydrogens (tertiary/aromatic N) is 1. The first kappa shape index (κ1) is 18.6. The molecule has 1 heterocycles. The smallest absolute Gasteiger partial charge is 0.251 e. The number of amides is 3. The minimum atomic E-state index is -0.207. The first-order valence-corrected chi connectivity index (χ1v) is 11.1. The van der Waals surface area contributed by atoms with Crippen molar-refractivity contribution in [3.8, 4) is 0 Å². The van der Waals surface area contributed by atoms with E-state index in [0.717, 1.165) is 12.0 Å². The van der Waals surface area contributed by atoms with Crippen molar-refractivity contribution in [3.63, 3.8) is 0 Å². The average Bonchev–Trinajstić information content (AvgIpc) is 3.58. The van der Waals surface area contributed by atoms with Crippen LogP contribution in [0.5, 0.6) is 0 Å². The van der Waals surface area contributed by atoms with E-state index in [1.165, 1.54) is 4.90 Å². The molecule has 1 saturated heterocycles. The molecule has 0 radical (unpaired) electrons. The Hall–Kier alpha value is -3.21.